The van der Waals surface area contributed by atoms with E-state index in [-0.39, 0.29) is 18.0 Å². The van der Waals surface area contributed by atoms with Gasteiger partial charge in [-0.25, -0.2) is 0 Å². The fourth-order valence-electron chi connectivity index (χ4n) is 3.48. The molecule has 144 valence electrons. The summed E-state index contributed by atoms with van der Waals surface area (Å²) in [6.45, 7) is 0.726. The van der Waals surface area contributed by atoms with Gasteiger partial charge in [-0.3, -0.25) is 9.69 Å². The molecule has 1 amide bonds. The molecule has 2 unspecified atom stereocenters. The highest BCUT2D eigenvalue weighted by atomic mass is 16.5. The minimum absolute atomic E-state index is 0.0269. The molecule has 0 bridgehead atoms. The van der Waals surface area contributed by atoms with Crippen LogP contribution in [0.5, 0.6) is 5.75 Å². The molecular formula is C21H22N4O3. The van der Waals surface area contributed by atoms with Crippen molar-refractivity contribution in [3.63, 3.8) is 0 Å². The normalized spacial score (nSPS) is 19.5. The highest BCUT2D eigenvalue weighted by molar-refractivity contribution is 5.94. The van der Waals surface area contributed by atoms with Crippen LogP contribution in [0.3, 0.4) is 0 Å². The third kappa shape index (κ3) is 3.75. The average molecular weight is 378 g/mol. The second kappa shape index (κ2) is 7.82. The summed E-state index contributed by atoms with van der Waals surface area (Å²) in [5.41, 5.74) is 1.53. The number of benzene rings is 2. The van der Waals surface area contributed by atoms with Gasteiger partial charge in [0.1, 0.15) is 5.75 Å². The summed E-state index contributed by atoms with van der Waals surface area (Å²) < 4.78 is 10.7. The number of hydrogen-bond donors (Lipinski definition) is 1. The first-order valence-corrected chi connectivity index (χ1v) is 9.18. The number of hydrogen-bond acceptors (Lipinski definition) is 6. The zero-order valence-corrected chi connectivity index (χ0v) is 15.8. The van der Waals surface area contributed by atoms with Gasteiger partial charge in [0.15, 0.2) is 0 Å². The standard InChI is InChI=1S/C21H22N4O3/c1-25-13-16(22-20(26)15-6-4-3-5-7-15)12-18(25)21-23-19(24-28-21)14-8-10-17(27-2)11-9-14/h3-11,16,18H,12-13H2,1-2H3,(H,22,26). The Hall–Kier alpha value is -3.19. The number of rotatable bonds is 5. The lowest BCUT2D eigenvalue weighted by molar-refractivity contribution is 0.0938. The molecule has 4 rings (SSSR count). The molecule has 1 aromatic heterocycles. The molecule has 0 radical (unpaired) electrons. The number of carbonyl (C=O) groups excluding carboxylic acids is 1. The van der Waals surface area contributed by atoms with Crippen LogP contribution < -0.4 is 10.1 Å². The maximum atomic E-state index is 12.4. The van der Waals surface area contributed by atoms with E-state index in [1.807, 2.05) is 61.6 Å². The second-order valence-corrected chi connectivity index (χ2v) is 6.91. The average Bonchev–Trinajstić information content (AvgIpc) is 3.35. The number of nitrogens with zero attached hydrogens (tertiary/aromatic N) is 3. The number of ether oxygens (including phenoxy) is 1. The smallest absolute Gasteiger partial charge is 0.251 e. The summed E-state index contributed by atoms with van der Waals surface area (Å²) in [5, 5.41) is 7.21. The van der Waals surface area contributed by atoms with Gasteiger partial charge in [-0.1, -0.05) is 23.4 Å². The van der Waals surface area contributed by atoms with Gasteiger partial charge in [0, 0.05) is 23.7 Å². The van der Waals surface area contributed by atoms with Gasteiger partial charge < -0.3 is 14.6 Å². The van der Waals surface area contributed by atoms with Gasteiger partial charge in [0.05, 0.1) is 13.2 Å². The molecule has 0 saturated carbocycles. The lowest BCUT2D eigenvalue weighted by Crippen LogP contribution is -2.36. The topological polar surface area (TPSA) is 80.5 Å². The molecule has 1 aliphatic rings. The largest absolute Gasteiger partial charge is 0.497 e. The van der Waals surface area contributed by atoms with Crippen molar-refractivity contribution >= 4 is 5.91 Å². The van der Waals surface area contributed by atoms with Crippen molar-refractivity contribution in [3.05, 3.63) is 66.1 Å². The Morgan fingerprint density at radius 1 is 1.18 bits per heavy atom. The van der Waals surface area contributed by atoms with E-state index in [2.05, 4.69) is 20.4 Å². The number of likely N-dealkylation sites (tertiary alicyclic amines) is 1. The second-order valence-electron chi connectivity index (χ2n) is 6.91. The number of methoxy groups -OCH3 is 1. The first-order valence-electron chi connectivity index (χ1n) is 9.18. The molecule has 2 atom stereocenters. The van der Waals surface area contributed by atoms with E-state index in [9.17, 15) is 4.79 Å². The lowest BCUT2D eigenvalue weighted by atomic mass is 10.1. The Balaban J connectivity index is 1.43. The first kappa shape index (κ1) is 18.2. The van der Waals surface area contributed by atoms with Crippen LogP contribution in [0.25, 0.3) is 11.4 Å². The van der Waals surface area contributed by atoms with Crippen molar-refractivity contribution in [3.8, 4) is 17.1 Å². The number of carbonyl (C=O) groups is 1. The molecule has 2 heterocycles. The molecule has 7 heteroatoms. The molecule has 1 aliphatic heterocycles. The first-order chi connectivity index (χ1) is 13.6. The third-order valence-electron chi connectivity index (χ3n) is 4.99. The van der Waals surface area contributed by atoms with Crippen molar-refractivity contribution in [2.45, 2.75) is 18.5 Å². The van der Waals surface area contributed by atoms with Gasteiger partial charge in [-0.05, 0) is 49.9 Å². The summed E-state index contributed by atoms with van der Waals surface area (Å²) in [7, 11) is 3.63. The highest BCUT2D eigenvalue weighted by Gasteiger charge is 2.35. The van der Waals surface area contributed by atoms with Gasteiger partial charge in [-0.15, -0.1) is 0 Å². The molecule has 1 saturated heterocycles. The van der Waals surface area contributed by atoms with Crippen molar-refractivity contribution in [1.82, 2.24) is 20.4 Å². The van der Waals surface area contributed by atoms with Crippen LogP contribution in [0.2, 0.25) is 0 Å². The SMILES string of the molecule is COc1ccc(-c2noc(C3CC(NC(=O)c4ccccc4)CN3C)n2)cc1. The van der Waals surface area contributed by atoms with Crippen molar-refractivity contribution < 1.29 is 14.1 Å². The molecule has 1 fully saturated rings. The van der Waals surface area contributed by atoms with E-state index >= 15 is 0 Å². The molecule has 0 spiro atoms. The molecule has 0 aliphatic carbocycles. The quantitative estimate of drug-likeness (QED) is 0.735. The van der Waals surface area contributed by atoms with Crippen LogP contribution in [0, 0.1) is 0 Å². The van der Waals surface area contributed by atoms with E-state index in [4.69, 9.17) is 9.26 Å². The monoisotopic (exact) mass is 378 g/mol. The zero-order valence-electron chi connectivity index (χ0n) is 15.8. The Morgan fingerprint density at radius 2 is 1.93 bits per heavy atom. The summed E-state index contributed by atoms with van der Waals surface area (Å²) in [6, 6.07) is 16.8. The highest BCUT2D eigenvalue weighted by Crippen LogP contribution is 2.31. The van der Waals surface area contributed by atoms with E-state index in [0.717, 1.165) is 24.3 Å². The van der Waals surface area contributed by atoms with Crippen LogP contribution in [0.1, 0.15) is 28.7 Å². The summed E-state index contributed by atoms with van der Waals surface area (Å²) in [6.07, 6.45) is 0.722. The van der Waals surface area contributed by atoms with E-state index in [1.54, 1.807) is 7.11 Å². The van der Waals surface area contributed by atoms with Gasteiger partial charge in [0.2, 0.25) is 11.7 Å². The summed E-state index contributed by atoms with van der Waals surface area (Å²) >= 11 is 0. The van der Waals surface area contributed by atoms with E-state index in [0.29, 0.717) is 17.3 Å². The Morgan fingerprint density at radius 3 is 2.64 bits per heavy atom. The van der Waals surface area contributed by atoms with Crippen LogP contribution >= 0.6 is 0 Å². The Labute approximate surface area is 163 Å². The Kier molecular flexibility index (Phi) is 5.08. The van der Waals surface area contributed by atoms with Crippen LogP contribution in [0.15, 0.2) is 59.1 Å². The van der Waals surface area contributed by atoms with Gasteiger partial charge in [0.25, 0.3) is 5.91 Å². The third-order valence-corrected chi connectivity index (χ3v) is 4.99. The maximum absolute atomic E-state index is 12.4. The molecule has 1 N–H and O–H groups in total. The van der Waals surface area contributed by atoms with Gasteiger partial charge in [-0.2, -0.15) is 4.98 Å². The van der Waals surface area contributed by atoms with E-state index < -0.39 is 0 Å². The van der Waals surface area contributed by atoms with E-state index in [1.165, 1.54) is 0 Å². The number of nitrogens with one attached hydrogen (secondary N) is 1. The fraction of sp³-hybridized carbons (Fsp3) is 0.286. The maximum Gasteiger partial charge on any atom is 0.251 e. The Bertz CT molecular complexity index is 940. The molecule has 2 aromatic carbocycles. The minimum Gasteiger partial charge on any atom is -0.497 e. The van der Waals surface area contributed by atoms with Gasteiger partial charge >= 0.3 is 0 Å². The zero-order chi connectivity index (χ0) is 19.5. The van der Waals surface area contributed by atoms with Crippen molar-refractivity contribution in [2.24, 2.45) is 0 Å². The lowest BCUT2D eigenvalue weighted by Gasteiger charge is -2.14. The minimum atomic E-state index is -0.0656. The number of likely N-dealkylation sites (N-methyl/N-ethyl adjacent to an activating group) is 1. The fourth-order valence-corrected chi connectivity index (χ4v) is 3.48. The molecule has 7 nitrogen and oxygen atoms in total. The predicted octanol–water partition coefficient (Wildman–Crippen LogP) is 2.92. The number of amides is 1. The predicted molar refractivity (Wildman–Crippen MR) is 104 cm³/mol. The van der Waals surface area contributed by atoms with Crippen LogP contribution in [-0.2, 0) is 0 Å². The molecule has 3 aromatic rings. The van der Waals surface area contributed by atoms with Crippen LogP contribution in [0.4, 0.5) is 0 Å². The van der Waals surface area contributed by atoms with Crippen molar-refractivity contribution in [2.75, 3.05) is 20.7 Å². The molecular weight excluding hydrogens is 356 g/mol. The van der Waals surface area contributed by atoms with Crippen molar-refractivity contribution in [1.29, 1.82) is 0 Å². The number of aromatic nitrogens is 2. The van der Waals surface area contributed by atoms with Crippen LogP contribution in [-0.4, -0.2) is 47.7 Å². The summed E-state index contributed by atoms with van der Waals surface area (Å²) in [4.78, 5) is 19.1. The molecule has 28 heavy (non-hydrogen) atoms. The summed E-state index contributed by atoms with van der Waals surface area (Å²) in [5.74, 6) is 1.82.